The van der Waals surface area contributed by atoms with Gasteiger partial charge in [0, 0.05) is 0 Å². The summed E-state index contributed by atoms with van der Waals surface area (Å²) in [5.41, 5.74) is 0.294. The predicted octanol–water partition coefficient (Wildman–Crippen LogP) is 2.64. The first kappa shape index (κ1) is 16.0. The Morgan fingerprint density at radius 2 is 1.80 bits per heavy atom. The second-order valence-electron chi connectivity index (χ2n) is 5.46. The van der Waals surface area contributed by atoms with Crippen molar-refractivity contribution >= 4 is 12.1 Å². The third-order valence-corrected chi connectivity index (χ3v) is 2.31. The van der Waals surface area contributed by atoms with E-state index in [2.05, 4.69) is 5.32 Å². The molecule has 0 aliphatic rings. The highest BCUT2D eigenvalue weighted by Crippen LogP contribution is 2.07. The molecule has 1 N–H and O–H groups in total. The van der Waals surface area contributed by atoms with Crippen LogP contribution in [0.4, 0.5) is 4.79 Å². The number of benzene rings is 1. The van der Waals surface area contributed by atoms with Gasteiger partial charge in [0.1, 0.15) is 18.2 Å². The van der Waals surface area contributed by atoms with Gasteiger partial charge in [-0.25, -0.2) is 9.59 Å². The smallest absolute Gasteiger partial charge is 0.408 e. The number of carbonyl (C=O) groups is 2. The highest BCUT2D eigenvalue weighted by Gasteiger charge is 2.21. The Hall–Kier alpha value is -2.04. The quantitative estimate of drug-likeness (QED) is 0.860. The van der Waals surface area contributed by atoms with E-state index >= 15 is 0 Å². The summed E-state index contributed by atoms with van der Waals surface area (Å²) in [5.74, 6) is -0.500. The maximum Gasteiger partial charge on any atom is 0.408 e. The van der Waals surface area contributed by atoms with Gasteiger partial charge in [-0.05, 0) is 33.3 Å². The van der Waals surface area contributed by atoms with Gasteiger partial charge in [-0.1, -0.05) is 30.3 Å². The molecule has 20 heavy (non-hydrogen) atoms. The van der Waals surface area contributed by atoms with E-state index in [1.54, 1.807) is 27.7 Å². The SMILES string of the molecule is C[C@H](NC(=O)OC(C)(C)C)C(=O)OCc1ccccc1. The lowest BCUT2D eigenvalue weighted by Crippen LogP contribution is -2.42. The van der Waals surface area contributed by atoms with Gasteiger partial charge in [0.2, 0.25) is 0 Å². The van der Waals surface area contributed by atoms with Crippen LogP contribution in [0.3, 0.4) is 0 Å². The fraction of sp³-hybridized carbons (Fsp3) is 0.467. The Balaban J connectivity index is 2.38. The number of carbonyl (C=O) groups excluding carboxylic acids is 2. The molecule has 1 rings (SSSR count). The number of hydrogen-bond donors (Lipinski definition) is 1. The zero-order valence-corrected chi connectivity index (χ0v) is 12.3. The van der Waals surface area contributed by atoms with Crippen LogP contribution in [0.5, 0.6) is 0 Å². The van der Waals surface area contributed by atoms with Crippen molar-refractivity contribution in [1.29, 1.82) is 0 Å². The van der Waals surface area contributed by atoms with Gasteiger partial charge in [0.15, 0.2) is 0 Å². The summed E-state index contributed by atoms with van der Waals surface area (Å²) in [6, 6.07) is 8.58. The topological polar surface area (TPSA) is 64.6 Å². The van der Waals surface area contributed by atoms with Crippen molar-refractivity contribution in [2.24, 2.45) is 0 Å². The Kier molecular flexibility index (Phi) is 5.55. The van der Waals surface area contributed by atoms with Crippen molar-refractivity contribution < 1.29 is 19.1 Å². The minimum absolute atomic E-state index is 0.181. The normalized spacial score (nSPS) is 12.4. The van der Waals surface area contributed by atoms with Gasteiger partial charge in [-0.15, -0.1) is 0 Å². The number of hydrogen-bond acceptors (Lipinski definition) is 4. The van der Waals surface area contributed by atoms with Crippen LogP contribution >= 0.6 is 0 Å². The van der Waals surface area contributed by atoms with E-state index in [9.17, 15) is 9.59 Å². The Morgan fingerprint density at radius 3 is 2.35 bits per heavy atom. The summed E-state index contributed by atoms with van der Waals surface area (Å²) < 4.78 is 10.2. The maximum atomic E-state index is 11.7. The molecule has 0 radical (unpaired) electrons. The number of rotatable bonds is 4. The third-order valence-electron chi connectivity index (χ3n) is 2.31. The van der Waals surface area contributed by atoms with Crippen LogP contribution in [0.15, 0.2) is 30.3 Å². The third kappa shape index (κ3) is 6.22. The lowest BCUT2D eigenvalue weighted by molar-refractivity contribution is -0.147. The molecule has 0 spiro atoms. The molecule has 1 aromatic rings. The van der Waals surface area contributed by atoms with Crippen molar-refractivity contribution in [2.75, 3.05) is 0 Å². The van der Waals surface area contributed by atoms with Crippen molar-refractivity contribution in [1.82, 2.24) is 5.32 Å². The van der Waals surface area contributed by atoms with Crippen LogP contribution in [-0.2, 0) is 20.9 Å². The molecule has 0 aliphatic carbocycles. The molecule has 0 fully saturated rings. The summed E-state index contributed by atoms with van der Waals surface area (Å²) in [6.45, 7) is 7.00. The van der Waals surface area contributed by atoms with Gasteiger partial charge < -0.3 is 14.8 Å². The zero-order valence-electron chi connectivity index (χ0n) is 12.3. The molecule has 110 valence electrons. The largest absolute Gasteiger partial charge is 0.459 e. The van der Waals surface area contributed by atoms with Crippen LogP contribution in [-0.4, -0.2) is 23.7 Å². The fourth-order valence-electron chi connectivity index (χ4n) is 1.40. The second kappa shape index (κ2) is 6.93. The molecule has 0 heterocycles. The van der Waals surface area contributed by atoms with Gasteiger partial charge in [0.05, 0.1) is 0 Å². The van der Waals surface area contributed by atoms with E-state index in [0.717, 1.165) is 5.56 Å². The van der Waals surface area contributed by atoms with Crippen molar-refractivity contribution in [3.63, 3.8) is 0 Å². The first-order chi connectivity index (χ1) is 9.28. The minimum Gasteiger partial charge on any atom is -0.459 e. The molecule has 0 aromatic heterocycles. The molecule has 0 bridgehead atoms. The van der Waals surface area contributed by atoms with Gasteiger partial charge in [0.25, 0.3) is 0 Å². The number of alkyl carbamates (subject to hydrolysis) is 1. The number of nitrogens with one attached hydrogen (secondary N) is 1. The number of esters is 1. The molecule has 5 heteroatoms. The van der Waals surface area contributed by atoms with Crippen LogP contribution in [0.25, 0.3) is 0 Å². The molecule has 0 saturated heterocycles. The summed E-state index contributed by atoms with van der Waals surface area (Å²) in [5, 5.41) is 2.44. The van der Waals surface area contributed by atoms with Crippen LogP contribution < -0.4 is 5.32 Å². The molecule has 1 aromatic carbocycles. The molecule has 0 saturated carbocycles. The maximum absolute atomic E-state index is 11.7. The van der Waals surface area contributed by atoms with Crippen molar-refractivity contribution in [2.45, 2.75) is 45.9 Å². The predicted molar refractivity (Wildman–Crippen MR) is 75.1 cm³/mol. The summed E-state index contributed by atoms with van der Waals surface area (Å²) in [6.07, 6.45) is -0.637. The fourth-order valence-corrected chi connectivity index (χ4v) is 1.40. The molecule has 1 amide bonds. The van der Waals surface area contributed by atoms with Gasteiger partial charge >= 0.3 is 12.1 Å². The van der Waals surface area contributed by atoms with Crippen molar-refractivity contribution in [3.05, 3.63) is 35.9 Å². The molecule has 0 aliphatic heterocycles. The van der Waals surface area contributed by atoms with Crippen LogP contribution in [0.2, 0.25) is 0 Å². The zero-order chi connectivity index (χ0) is 15.2. The number of amides is 1. The standard InChI is InChI=1S/C15H21NO4/c1-11(16-14(18)20-15(2,3)4)13(17)19-10-12-8-6-5-7-9-12/h5-9,11H,10H2,1-4H3,(H,16,18)/t11-/m0/s1. The Bertz CT molecular complexity index is 451. The summed E-state index contributed by atoms with van der Waals surface area (Å²) in [4.78, 5) is 23.2. The molecule has 0 unspecified atom stereocenters. The Labute approximate surface area is 119 Å². The lowest BCUT2D eigenvalue weighted by Gasteiger charge is -2.21. The summed E-state index contributed by atoms with van der Waals surface area (Å²) >= 11 is 0. The van der Waals surface area contributed by atoms with Gasteiger partial charge in [-0.2, -0.15) is 0 Å². The van der Waals surface area contributed by atoms with E-state index in [1.165, 1.54) is 0 Å². The average molecular weight is 279 g/mol. The molecule has 1 atom stereocenters. The lowest BCUT2D eigenvalue weighted by atomic mass is 10.2. The molecular formula is C15H21NO4. The highest BCUT2D eigenvalue weighted by atomic mass is 16.6. The van der Waals surface area contributed by atoms with E-state index in [1.807, 2.05) is 30.3 Å². The monoisotopic (exact) mass is 279 g/mol. The molecular weight excluding hydrogens is 258 g/mol. The average Bonchev–Trinajstić information content (AvgIpc) is 2.34. The van der Waals surface area contributed by atoms with E-state index in [0.29, 0.717) is 0 Å². The first-order valence-electron chi connectivity index (χ1n) is 6.48. The highest BCUT2D eigenvalue weighted by molar-refractivity contribution is 5.81. The first-order valence-corrected chi connectivity index (χ1v) is 6.48. The summed E-state index contributed by atoms with van der Waals surface area (Å²) in [7, 11) is 0. The van der Waals surface area contributed by atoms with Crippen LogP contribution in [0, 0.1) is 0 Å². The number of ether oxygens (including phenoxy) is 2. The molecule has 5 nitrogen and oxygen atoms in total. The van der Waals surface area contributed by atoms with E-state index < -0.39 is 23.7 Å². The second-order valence-corrected chi connectivity index (χ2v) is 5.46. The van der Waals surface area contributed by atoms with E-state index in [-0.39, 0.29) is 6.61 Å². The Morgan fingerprint density at radius 1 is 1.20 bits per heavy atom. The van der Waals surface area contributed by atoms with Crippen LogP contribution in [0.1, 0.15) is 33.3 Å². The van der Waals surface area contributed by atoms with E-state index in [4.69, 9.17) is 9.47 Å². The van der Waals surface area contributed by atoms with Crippen molar-refractivity contribution in [3.8, 4) is 0 Å². The minimum atomic E-state index is -0.756. The van der Waals surface area contributed by atoms with Gasteiger partial charge in [-0.3, -0.25) is 0 Å².